The summed E-state index contributed by atoms with van der Waals surface area (Å²) in [6.07, 6.45) is 2.96. The van der Waals surface area contributed by atoms with E-state index < -0.39 is 10.1 Å². The molecule has 0 fully saturated rings. The second-order valence-corrected chi connectivity index (χ2v) is 4.12. The first-order valence-corrected chi connectivity index (χ1v) is 5.56. The molecule has 0 atom stereocenters. The summed E-state index contributed by atoms with van der Waals surface area (Å²) < 4.78 is 29.4. The van der Waals surface area contributed by atoms with E-state index in [2.05, 4.69) is 15.2 Å². The highest BCUT2D eigenvalue weighted by Gasteiger charge is 2.06. The first-order chi connectivity index (χ1) is 7.50. The lowest BCUT2D eigenvalue weighted by Gasteiger charge is -1.95. The predicted octanol–water partition coefficient (Wildman–Crippen LogP) is 0.320. The Balaban J connectivity index is 0.000000212. The third-order valence-electron chi connectivity index (χ3n) is 1.51. The molecule has 0 unspecified atom stereocenters. The average Bonchev–Trinajstić information content (AvgIpc) is 2.74. The Labute approximate surface area is 92.1 Å². The van der Waals surface area contributed by atoms with Gasteiger partial charge in [0.15, 0.2) is 0 Å². The molecule has 8 heteroatoms. The van der Waals surface area contributed by atoms with Crippen LogP contribution in [0.2, 0.25) is 0 Å². The zero-order valence-corrected chi connectivity index (χ0v) is 8.92. The lowest BCUT2D eigenvalue weighted by molar-refractivity contribution is 0.483. The fourth-order valence-electron chi connectivity index (χ4n) is 0.806. The molecule has 86 valence electrons. The standard InChI is InChI=1S/C6H7NO3S.C2H3N3/c7-5-1-3-6(4-2-5)11(8,9)10;1-3-2-5-4-1/h1-4H,7H2,(H,8,9,10);1-2H,(H,3,4,5). The summed E-state index contributed by atoms with van der Waals surface area (Å²) in [4.78, 5) is 3.41. The SMILES string of the molecule is Nc1ccc(S(=O)(=O)O)cc1.c1nc[nH]n1. The Bertz CT molecular complexity index is 490. The minimum absolute atomic E-state index is 0.147. The van der Waals surface area contributed by atoms with Crippen molar-refractivity contribution >= 4 is 15.8 Å². The van der Waals surface area contributed by atoms with Crippen LogP contribution < -0.4 is 5.73 Å². The average molecular weight is 242 g/mol. The van der Waals surface area contributed by atoms with Crippen molar-refractivity contribution in [3.63, 3.8) is 0 Å². The Hall–Kier alpha value is -1.93. The van der Waals surface area contributed by atoms with Gasteiger partial charge in [0, 0.05) is 5.69 Å². The molecule has 0 amide bonds. The summed E-state index contributed by atoms with van der Waals surface area (Å²) in [5.74, 6) is 0. The summed E-state index contributed by atoms with van der Waals surface area (Å²) in [6, 6.07) is 5.29. The Morgan fingerprint density at radius 1 is 1.25 bits per heavy atom. The van der Waals surface area contributed by atoms with Gasteiger partial charge in [-0.3, -0.25) is 9.65 Å². The van der Waals surface area contributed by atoms with Gasteiger partial charge < -0.3 is 5.73 Å². The van der Waals surface area contributed by atoms with Crippen LogP contribution >= 0.6 is 0 Å². The third kappa shape index (κ3) is 4.07. The van der Waals surface area contributed by atoms with E-state index in [1.54, 1.807) is 0 Å². The van der Waals surface area contributed by atoms with Crippen molar-refractivity contribution in [2.75, 3.05) is 5.73 Å². The highest BCUT2D eigenvalue weighted by molar-refractivity contribution is 7.85. The number of anilines is 1. The molecule has 1 aromatic carbocycles. The fourth-order valence-corrected chi connectivity index (χ4v) is 1.29. The van der Waals surface area contributed by atoms with Gasteiger partial charge >= 0.3 is 0 Å². The number of aromatic nitrogens is 3. The van der Waals surface area contributed by atoms with Crippen LogP contribution in [0.1, 0.15) is 0 Å². The Morgan fingerprint density at radius 3 is 2.19 bits per heavy atom. The number of nitrogens with one attached hydrogen (secondary N) is 1. The van der Waals surface area contributed by atoms with E-state index in [1.165, 1.54) is 36.9 Å². The number of H-pyrrole nitrogens is 1. The van der Waals surface area contributed by atoms with Crippen molar-refractivity contribution in [2.45, 2.75) is 4.90 Å². The van der Waals surface area contributed by atoms with E-state index in [4.69, 9.17) is 10.3 Å². The lowest BCUT2D eigenvalue weighted by atomic mass is 10.3. The van der Waals surface area contributed by atoms with Crippen LogP contribution in [0.25, 0.3) is 0 Å². The molecular formula is C8H10N4O3S. The van der Waals surface area contributed by atoms with Crippen LogP contribution in [-0.4, -0.2) is 28.2 Å². The zero-order valence-electron chi connectivity index (χ0n) is 8.11. The third-order valence-corrected chi connectivity index (χ3v) is 2.38. The quantitative estimate of drug-likeness (QED) is 0.489. The largest absolute Gasteiger partial charge is 0.399 e. The molecule has 0 aliphatic heterocycles. The smallest absolute Gasteiger partial charge is 0.294 e. The van der Waals surface area contributed by atoms with E-state index in [0.29, 0.717) is 5.69 Å². The van der Waals surface area contributed by atoms with Crippen LogP contribution in [0.15, 0.2) is 41.8 Å². The van der Waals surface area contributed by atoms with Crippen LogP contribution in [0, 0.1) is 0 Å². The molecule has 0 aliphatic rings. The van der Waals surface area contributed by atoms with Crippen molar-refractivity contribution in [3.05, 3.63) is 36.9 Å². The maximum atomic E-state index is 10.5. The van der Waals surface area contributed by atoms with Gasteiger partial charge in [0.05, 0.1) is 4.90 Å². The number of nitrogens with zero attached hydrogens (tertiary/aromatic N) is 2. The summed E-state index contributed by atoms with van der Waals surface area (Å²) in [7, 11) is -4.08. The molecule has 2 rings (SSSR count). The molecule has 1 aromatic heterocycles. The van der Waals surface area contributed by atoms with Gasteiger partial charge in [-0.25, -0.2) is 4.98 Å². The van der Waals surface area contributed by atoms with Gasteiger partial charge in [-0.15, -0.1) is 0 Å². The lowest BCUT2D eigenvalue weighted by Crippen LogP contribution is -1.97. The van der Waals surface area contributed by atoms with E-state index in [9.17, 15) is 8.42 Å². The number of benzene rings is 1. The number of nitrogens with two attached hydrogens (primary N) is 1. The zero-order chi connectivity index (χ0) is 12.0. The second kappa shape index (κ2) is 5.24. The summed E-state index contributed by atoms with van der Waals surface area (Å²) in [6.45, 7) is 0. The molecule has 7 nitrogen and oxygen atoms in total. The summed E-state index contributed by atoms with van der Waals surface area (Å²) >= 11 is 0. The monoisotopic (exact) mass is 242 g/mol. The van der Waals surface area contributed by atoms with Crippen LogP contribution in [-0.2, 0) is 10.1 Å². The normalized spacial score (nSPS) is 10.3. The molecule has 2 aromatic rings. The van der Waals surface area contributed by atoms with Gasteiger partial charge in [0.1, 0.15) is 12.7 Å². The molecule has 0 spiro atoms. The van der Waals surface area contributed by atoms with Crippen LogP contribution in [0.4, 0.5) is 5.69 Å². The van der Waals surface area contributed by atoms with Gasteiger partial charge in [0.2, 0.25) is 0 Å². The van der Waals surface area contributed by atoms with Gasteiger partial charge in [0.25, 0.3) is 10.1 Å². The van der Waals surface area contributed by atoms with Crippen LogP contribution in [0.3, 0.4) is 0 Å². The molecule has 0 saturated heterocycles. The minimum Gasteiger partial charge on any atom is -0.399 e. The minimum atomic E-state index is -4.08. The predicted molar refractivity (Wildman–Crippen MR) is 57.1 cm³/mol. The number of nitrogen functional groups attached to an aromatic ring is 1. The van der Waals surface area contributed by atoms with Crippen molar-refractivity contribution in [1.82, 2.24) is 15.2 Å². The van der Waals surface area contributed by atoms with E-state index in [1.807, 2.05) is 0 Å². The molecule has 16 heavy (non-hydrogen) atoms. The van der Waals surface area contributed by atoms with Gasteiger partial charge in [-0.05, 0) is 24.3 Å². The molecule has 0 bridgehead atoms. The molecular weight excluding hydrogens is 232 g/mol. The fraction of sp³-hybridized carbons (Fsp3) is 0. The molecule has 0 radical (unpaired) electrons. The van der Waals surface area contributed by atoms with Crippen molar-refractivity contribution in [3.8, 4) is 0 Å². The maximum absolute atomic E-state index is 10.5. The summed E-state index contributed by atoms with van der Waals surface area (Å²) in [5, 5.41) is 5.99. The number of aromatic amines is 1. The van der Waals surface area contributed by atoms with Gasteiger partial charge in [-0.1, -0.05) is 0 Å². The van der Waals surface area contributed by atoms with Gasteiger partial charge in [-0.2, -0.15) is 13.5 Å². The highest BCUT2D eigenvalue weighted by atomic mass is 32.2. The van der Waals surface area contributed by atoms with E-state index in [0.717, 1.165) is 0 Å². The molecule has 0 aliphatic carbocycles. The first kappa shape index (κ1) is 12.1. The maximum Gasteiger partial charge on any atom is 0.294 e. The van der Waals surface area contributed by atoms with Crippen molar-refractivity contribution in [2.24, 2.45) is 0 Å². The molecule has 1 heterocycles. The molecule has 0 saturated carbocycles. The van der Waals surface area contributed by atoms with Crippen molar-refractivity contribution in [1.29, 1.82) is 0 Å². The van der Waals surface area contributed by atoms with E-state index in [-0.39, 0.29) is 4.90 Å². The van der Waals surface area contributed by atoms with Crippen LogP contribution in [0.5, 0.6) is 0 Å². The number of rotatable bonds is 1. The first-order valence-electron chi connectivity index (χ1n) is 4.12. The highest BCUT2D eigenvalue weighted by Crippen LogP contribution is 2.10. The second-order valence-electron chi connectivity index (χ2n) is 2.70. The van der Waals surface area contributed by atoms with E-state index >= 15 is 0 Å². The number of hydrogen-bond acceptors (Lipinski definition) is 5. The Kier molecular flexibility index (Phi) is 3.97. The van der Waals surface area contributed by atoms with Crippen molar-refractivity contribution < 1.29 is 13.0 Å². The molecule has 4 N–H and O–H groups in total. The number of hydrogen-bond donors (Lipinski definition) is 3. The topological polar surface area (TPSA) is 122 Å². The summed E-state index contributed by atoms with van der Waals surface area (Å²) in [5.41, 5.74) is 5.75. The Morgan fingerprint density at radius 2 is 1.88 bits per heavy atom.